The normalized spacial score (nSPS) is 10.4. The van der Waals surface area contributed by atoms with Crippen LogP contribution in [0.2, 0.25) is 0 Å². The highest BCUT2D eigenvalue weighted by Gasteiger charge is 2.05. The van der Waals surface area contributed by atoms with Gasteiger partial charge in [0.05, 0.1) is 6.33 Å². The van der Waals surface area contributed by atoms with Crippen LogP contribution in [0.15, 0.2) is 43.0 Å². The third-order valence-corrected chi connectivity index (χ3v) is 3.05. The molecule has 0 bridgehead atoms. The Kier molecular flexibility index (Phi) is 5.29. The SMILES string of the molecule is O=C(CCc1ccccc1F)NCCCn1ccnc1. The number of nitrogens with one attached hydrogen (secondary N) is 1. The minimum Gasteiger partial charge on any atom is -0.356 e. The van der Waals surface area contributed by atoms with Crippen molar-refractivity contribution in [3.8, 4) is 0 Å². The van der Waals surface area contributed by atoms with Crippen LogP contribution in [0.5, 0.6) is 0 Å². The predicted octanol–water partition coefficient (Wildman–Crippen LogP) is 2.16. The minimum absolute atomic E-state index is 0.0427. The smallest absolute Gasteiger partial charge is 0.220 e. The van der Waals surface area contributed by atoms with Crippen molar-refractivity contribution in [1.82, 2.24) is 14.9 Å². The summed E-state index contributed by atoms with van der Waals surface area (Å²) in [5, 5.41) is 2.84. The number of halogens is 1. The van der Waals surface area contributed by atoms with E-state index in [1.807, 2.05) is 10.8 Å². The van der Waals surface area contributed by atoms with Gasteiger partial charge in [-0.25, -0.2) is 9.37 Å². The summed E-state index contributed by atoms with van der Waals surface area (Å²) in [5.74, 6) is -0.292. The summed E-state index contributed by atoms with van der Waals surface area (Å²) in [7, 11) is 0. The molecule has 1 N–H and O–H groups in total. The Balaban J connectivity index is 1.62. The van der Waals surface area contributed by atoms with Crippen LogP contribution < -0.4 is 5.32 Å². The molecule has 20 heavy (non-hydrogen) atoms. The minimum atomic E-state index is -0.250. The Hall–Kier alpha value is -2.17. The van der Waals surface area contributed by atoms with E-state index in [0.717, 1.165) is 13.0 Å². The van der Waals surface area contributed by atoms with Crippen molar-refractivity contribution in [1.29, 1.82) is 0 Å². The molecular formula is C15H18FN3O. The van der Waals surface area contributed by atoms with Gasteiger partial charge in [-0.2, -0.15) is 0 Å². The maximum Gasteiger partial charge on any atom is 0.220 e. The van der Waals surface area contributed by atoms with Gasteiger partial charge in [0.2, 0.25) is 5.91 Å². The lowest BCUT2D eigenvalue weighted by Gasteiger charge is -2.06. The molecule has 0 radical (unpaired) electrons. The van der Waals surface area contributed by atoms with E-state index in [4.69, 9.17) is 0 Å². The maximum atomic E-state index is 13.4. The van der Waals surface area contributed by atoms with Crippen LogP contribution in [0.25, 0.3) is 0 Å². The van der Waals surface area contributed by atoms with Gasteiger partial charge in [-0.3, -0.25) is 4.79 Å². The average molecular weight is 275 g/mol. The zero-order chi connectivity index (χ0) is 14.2. The number of rotatable bonds is 7. The van der Waals surface area contributed by atoms with Crippen molar-refractivity contribution in [2.24, 2.45) is 0 Å². The van der Waals surface area contributed by atoms with E-state index in [2.05, 4.69) is 10.3 Å². The van der Waals surface area contributed by atoms with Gasteiger partial charge < -0.3 is 9.88 Å². The summed E-state index contributed by atoms with van der Waals surface area (Å²) in [6, 6.07) is 6.55. The quantitative estimate of drug-likeness (QED) is 0.787. The number of carbonyl (C=O) groups excluding carboxylic acids is 1. The second-order valence-electron chi connectivity index (χ2n) is 4.60. The van der Waals surface area contributed by atoms with Crippen LogP contribution >= 0.6 is 0 Å². The first-order valence-electron chi connectivity index (χ1n) is 6.71. The van der Waals surface area contributed by atoms with Gasteiger partial charge in [0.15, 0.2) is 0 Å². The molecule has 2 aromatic rings. The molecule has 2 rings (SSSR count). The van der Waals surface area contributed by atoms with Crippen molar-refractivity contribution in [2.75, 3.05) is 6.54 Å². The van der Waals surface area contributed by atoms with E-state index in [1.165, 1.54) is 6.07 Å². The fraction of sp³-hybridized carbons (Fsp3) is 0.333. The first-order chi connectivity index (χ1) is 9.75. The van der Waals surface area contributed by atoms with E-state index in [0.29, 0.717) is 24.9 Å². The summed E-state index contributed by atoms with van der Waals surface area (Å²) in [6.45, 7) is 1.45. The second-order valence-corrected chi connectivity index (χ2v) is 4.60. The molecule has 1 aromatic heterocycles. The molecule has 0 aliphatic rings. The zero-order valence-electron chi connectivity index (χ0n) is 11.3. The van der Waals surface area contributed by atoms with Crippen molar-refractivity contribution >= 4 is 5.91 Å². The molecular weight excluding hydrogens is 257 g/mol. The zero-order valence-corrected chi connectivity index (χ0v) is 11.3. The van der Waals surface area contributed by atoms with Crippen molar-refractivity contribution in [3.63, 3.8) is 0 Å². The van der Waals surface area contributed by atoms with Crippen LogP contribution in [-0.2, 0) is 17.8 Å². The largest absolute Gasteiger partial charge is 0.356 e. The molecule has 0 aliphatic carbocycles. The van der Waals surface area contributed by atoms with E-state index in [9.17, 15) is 9.18 Å². The van der Waals surface area contributed by atoms with Crippen molar-refractivity contribution in [3.05, 3.63) is 54.4 Å². The summed E-state index contributed by atoms with van der Waals surface area (Å²) in [4.78, 5) is 15.6. The van der Waals surface area contributed by atoms with Crippen LogP contribution in [0.1, 0.15) is 18.4 Å². The lowest BCUT2D eigenvalue weighted by Crippen LogP contribution is -2.25. The lowest BCUT2D eigenvalue weighted by atomic mass is 10.1. The number of hydrogen-bond donors (Lipinski definition) is 1. The predicted molar refractivity (Wildman–Crippen MR) is 74.6 cm³/mol. The standard InChI is InChI=1S/C15H18FN3O/c16-14-5-2-1-4-13(14)6-7-15(20)18-8-3-10-19-11-9-17-12-19/h1-2,4-5,9,11-12H,3,6-8,10H2,(H,18,20). The summed E-state index contributed by atoms with van der Waals surface area (Å²) < 4.78 is 15.3. The van der Waals surface area contributed by atoms with E-state index >= 15 is 0 Å². The molecule has 0 atom stereocenters. The Morgan fingerprint density at radius 3 is 2.95 bits per heavy atom. The summed E-state index contributed by atoms with van der Waals surface area (Å²) in [5.41, 5.74) is 0.584. The Labute approximate surface area is 117 Å². The highest BCUT2D eigenvalue weighted by Crippen LogP contribution is 2.08. The van der Waals surface area contributed by atoms with E-state index in [-0.39, 0.29) is 11.7 Å². The molecule has 4 nitrogen and oxygen atoms in total. The van der Waals surface area contributed by atoms with Crippen molar-refractivity contribution < 1.29 is 9.18 Å². The maximum absolute atomic E-state index is 13.4. The highest BCUT2D eigenvalue weighted by molar-refractivity contribution is 5.76. The van der Waals surface area contributed by atoms with Gasteiger partial charge in [-0.15, -0.1) is 0 Å². The Morgan fingerprint density at radius 1 is 1.35 bits per heavy atom. The van der Waals surface area contributed by atoms with Gasteiger partial charge in [-0.05, 0) is 24.5 Å². The number of hydrogen-bond acceptors (Lipinski definition) is 2. The molecule has 106 valence electrons. The second kappa shape index (κ2) is 7.43. The third kappa shape index (κ3) is 4.50. The number of imidazole rings is 1. The number of nitrogens with zero attached hydrogens (tertiary/aromatic N) is 2. The molecule has 0 unspecified atom stereocenters. The van der Waals surface area contributed by atoms with E-state index < -0.39 is 0 Å². The fourth-order valence-corrected chi connectivity index (χ4v) is 1.95. The first-order valence-corrected chi connectivity index (χ1v) is 6.71. The van der Waals surface area contributed by atoms with Crippen LogP contribution in [0.4, 0.5) is 4.39 Å². The molecule has 0 spiro atoms. The fourth-order valence-electron chi connectivity index (χ4n) is 1.95. The third-order valence-electron chi connectivity index (χ3n) is 3.05. The number of benzene rings is 1. The molecule has 1 aromatic carbocycles. The molecule has 5 heteroatoms. The molecule has 0 saturated heterocycles. The average Bonchev–Trinajstić information content (AvgIpc) is 2.96. The molecule has 0 aliphatic heterocycles. The number of carbonyl (C=O) groups is 1. The summed E-state index contributed by atoms with van der Waals surface area (Å²) >= 11 is 0. The topological polar surface area (TPSA) is 46.9 Å². The van der Waals surface area contributed by atoms with Crippen molar-refractivity contribution in [2.45, 2.75) is 25.8 Å². The van der Waals surface area contributed by atoms with Gasteiger partial charge in [0.25, 0.3) is 0 Å². The number of aromatic nitrogens is 2. The molecule has 1 amide bonds. The monoisotopic (exact) mass is 275 g/mol. The Bertz CT molecular complexity index is 540. The highest BCUT2D eigenvalue weighted by atomic mass is 19.1. The number of amides is 1. The van der Waals surface area contributed by atoms with Crippen LogP contribution in [0, 0.1) is 5.82 Å². The lowest BCUT2D eigenvalue weighted by molar-refractivity contribution is -0.121. The molecule has 1 heterocycles. The molecule has 0 fully saturated rings. The number of aryl methyl sites for hydroxylation is 2. The van der Waals surface area contributed by atoms with E-state index in [1.54, 1.807) is 30.7 Å². The Morgan fingerprint density at radius 2 is 2.20 bits per heavy atom. The van der Waals surface area contributed by atoms with Gasteiger partial charge in [-0.1, -0.05) is 18.2 Å². The van der Waals surface area contributed by atoms with Crippen LogP contribution in [0.3, 0.4) is 0 Å². The van der Waals surface area contributed by atoms with Gasteiger partial charge >= 0.3 is 0 Å². The van der Waals surface area contributed by atoms with Crippen LogP contribution in [-0.4, -0.2) is 22.0 Å². The van der Waals surface area contributed by atoms with Gasteiger partial charge in [0.1, 0.15) is 5.82 Å². The van der Waals surface area contributed by atoms with Gasteiger partial charge in [0, 0.05) is 31.9 Å². The molecule has 0 saturated carbocycles. The summed E-state index contributed by atoms with van der Waals surface area (Å²) in [6.07, 6.45) is 6.96. The first kappa shape index (κ1) is 14.2.